The van der Waals surface area contributed by atoms with Gasteiger partial charge >= 0.3 is 0 Å². The van der Waals surface area contributed by atoms with E-state index < -0.39 is 0 Å². The van der Waals surface area contributed by atoms with Gasteiger partial charge in [0.1, 0.15) is 5.75 Å². The zero-order valence-electron chi connectivity index (χ0n) is 15.3. The first-order valence-electron chi connectivity index (χ1n) is 9.02. The van der Waals surface area contributed by atoms with Gasteiger partial charge in [-0.2, -0.15) is 0 Å². The van der Waals surface area contributed by atoms with E-state index in [2.05, 4.69) is 15.3 Å². The van der Waals surface area contributed by atoms with Crippen LogP contribution in [-0.4, -0.2) is 21.0 Å². The number of para-hydroxylation sites is 1. The Morgan fingerprint density at radius 1 is 1.04 bits per heavy atom. The summed E-state index contributed by atoms with van der Waals surface area (Å²) < 4.78 is 0. The molecule has 5 heteroatoms. The third kappa shape index (κ3) is 3.55. The van der Waals surface area contributed by atoms with Crippen LogP contribution in [0.15, 0.2) is 79.1 Å². The largest absolute Gasteiger partial charge is 0.508 e. The van der Waals surface area contributed by atoms with E-state index in [0.717, 1.165) is 22.0 Å². The molecule has 5 nitrogen and oxygen atoms in total. The number of amides is 1. The molecule has 0 aliphatic rings. The minimum absolute atomic E-state index is 0.173. The number of fused-ring (bicyclic) bond motifs is 1. The summed E-state index contributed by atoms with van der Waals surface area (Å²) in [6.07, 6.45) is 3.43. The van der Waals surface area contributed by atoms with Crippen molar-refractivity contribution in [2.75, 3.05) is 0 Å². The fourth-order valence-corrected chi connectivity index (χ4v) is 3.18. The molecule has 0 aliphatic heterocycles. The Labute approximate surface area is 162 Å². The fourth-order valence-electron chi connectivity index (χ4n) is 3.18. The Morgan fingerprint density at radius 3 is 2.68 bits per heavy atom. The van der Waals surface area contributed by atoms with Gasteiger partial charge in [0.05, 0.1) is 22.8 Å². The molecule has 138 valence electrons. The Morgan fingerprint density at radius 2 is 1.89 bits per heavy atom. The quantitative estimate of drug-likeness (QED) is 0.556. The molecule has 0 saturated carbocycles. The van der Waals surface area contributed by atoms with E-state index in [1.807, 2.05) is 49.4 Å². The van der Waals surface area contributed by atoms with Crippen molar-refractivity contribution in [3.8, 4) is 17.0 Å². The van der Waals surface area contributed by atoms with Gasteiger partial charge in [-0.15, -0.1) is 0 Å². The van der Waals surface area contributed by atoms with Gasteiger partial charge in [-0.25, -0.2) is 4.98 Å². The Balaban J connectivity index is 1.73. The molecule has 2 aromatic carbocycles. The number of aromatic hydroxyl groups is 1. The van der Waals surface area contributed by atoms with Gasteiger partial charge in [0.2, 0.25) is 0 Å². The summed E-state index contributed by atoms with van der Waals surface area (Å²) in [5.41, 5.74) is 3.68. The van der Waals surface area contributed by atoms with Crippen molar-refractivity contribution in [1.29, 1.82) is 0 Å². The molecule has 0 bridgehead atoms. The maximum absolute atomic E-state index is 13.1. The molecule has 2 N–H and O–H groups in total. The van der Waals surface area contributed by atoms with Gasteiger partial charge in [0.15, 0.2) is 0 Å². The van der Waals surface area contributed by atoms with Crippen molar-refractivity contribution in [2.24, 2.45) is 0 Å². The lowest BCUT2D eigenvalue weighted by atomic mass is 10.0. The van der Waals surface area contributed by atoms with Crippen LogP contribution in [0.5, 0.6) is 5.75 Å². The molecule has 1 unspecified atom stereocenters. The molecule has 4 rings (SSSR count). The molecule has 2 aromatic heterocycles. The Kier molecular flexibility index (Phi) is 4.72. The zero-order chi connectivity index (χ0) is 19.5. The van der Waals surface area contributed by atoms with Crippen molar-refractivity contribution in [1.82, 2.24) is 15.3 Å². The number of phenolic OH excluding ortho intramolecular Hbond substituents is 1. The third-order valence-electron chi connectivity index (χ3n) is 4.64. The van der Waals surface area contributed by atoms with Crippen LogP contribution in [-0.2, 0) is 0 Å². The predicted molar refractivity (Wildman–Crippen MR) is 109 cm³/mol. The molecule has 0 radical (unpaired) electrons. The summed E-state index contributed by atoms with van der Waals surface area (Å²) >= 11 is 0. The number of phenols is 1. The van der Waals surface area contributed by atoms with E-state index in [4.69, 9.17) is 0 Å². The lowest BCUT2D eigenvalue weighted by Gasteiger charge is -2.16. The highest BCUT2D eigenvalue weighted by molar-refractivity contribution is 6.07. The van der Waals surface area contributed by atoms with E-state index in [1.165, 1.54) is 0 Å². The summed E-state index contributed by atoms with van der Waals surface area (Å²) in [6.45, 7) is 1.89. The van der Waals surface area contributed by atoms with Crippen molar-refractivity contribution < 1.29 is 9.90 Å². The van der Waals surface area contributed by atoms with Gasteiger partial charge in [-0.1, -0.05) is 30.3 Å². The standard InChI is InChI=1S/C23H19N3O2/c1-15(16-6-4-8-18(27)12-16)25-23(28)20-13-22(17-7-5-11-24-14-17)26-21-10-3-2-9-19(20)21/h2-15,27H,1H3,(H,25,28). The van der Waals surface area contributed by atoms with Gasteiger partial charge in [-0.3, -0.25) is 9.78 Å². The predicted octanol–water partition coefficient (Wildman–Crippen LogP) is 4.49. The number of aromatic nitrogens is 2. The third-order valence-corrected chi connectivity index (χ3v) is 4.64. The van der Waals surface area contributed by atoms with Crippen LogP contribution in [0.1, 0.15) is 28.9 Å². The van der Waals surface area contributed by atoms with Crippen molar-refractivity contribution >= 4 is 16.8 Å². The highest BCUT2D eigenvalue weighted by atomic mass is 16.3. The maximum atomic E-state index is 13.1. The molecular weight excluding hydrogens is 350 g/mol. The summed E-state index contributed by atoms with van der Waals surface area (Å²) in [4.78, 5) is 21.9. The highest BCUT2D eigenvalue weighted by Gasteiger charge is 2.17. The second-order valence-electron chi connectivity index (χ2n) is 6.60. The molecule has 1 atom stereocenters. The zero-order valence-corrected chi connectivity index (χ0v) is 15.3. The first-order valence-corrected chi connectivity index (χ1v) is 9.02. The smallest absolute Gasteiger partial charge is 0.252 e. The molecule has 2 heterocycles. The topological polar surface area (TPSA) is 75.1 Å². The lowest BCUT2D eigenvalue weighted by molar-refractivity contribution is 0.0941. The molecule has 28 heavy (non-hydrogen) atoms. The molecule has 0 saturated heterocycles. The average Bonchev–Trinajstić information content (AvgIpc) is 2.73. The van der Waals surface area contributed by atoms with Crippen LogP contribution in [0.2, 0.25) is 0 Å². The van der Waals surface area contributed by atoms with Crippen LogP contribution in [0.25, 0.3) is 22.2 Å². The van der Waals surface area contributed by atoms with Gasteiger partial charge in [0, 0.05) is 23.3 Å². The SMILES string of the molecule is CC(NC(=O)c1cc(-c2cccnc2)nc2ccccc12)c1cccc(O)c1. The lowest BCUT2D eigenvalue weighted by Crippen LogP contribution is -2.27. The second-order valence-corrected chi connectivity index (χ2v) is 6.60. The van der Waals surface area contributed by atoms with Crippen molar-refractivity contribution in [3.63, 3.8) is 0 Å². The number of carbonyl (C=O) groups excluding carboxylic acids is 1. The molecule has 0 fully saturated rings. The summed E-state index contributed by atoms with van der Waals surface area (Å²) in [5, 5.41) is 13.5. The van der Waals surface area contributed by atoms with Crippen LogP contribution < -0.4 is 5.32 Å². The van der Waals surface area contributed by atoms with E-state index in [-0.39, 0.29) is 17.7 Å². The second kappa shape index (κ2) is 7.48. The van der Waals surface area contributed by atoms with E-state index >= 15 is 0 Å². The summed E-state index contributed by atoms with van der Waals surface area (Å²) in [7, 11) is 0. The summed E-state index contributed by atoms with van der Waals surface area (Å²) in [6, 6.07) is 19.8. The number of nitrogens with one attached hydrogen (secondary N) is 1. The van der Waals surface area contributed by atoms with Gasteiger partial charge < -0.3 is 10.4 Å². The number of hydrogen-bond donors (Lipinski definition) is 2. The number of nitrogens with zero attached hydrogens (tertiary/aromatic N) is 2. The Hall–Kier alpha value is -3.73. The maximum Gasteiger partial charge on any atom is 0.252 e. The monoisotopic (exact) mass is 369 g/mol. The van der Waals surface area contributed by atoms with Crippen LogP contribution in [0.4, 0.5) is 0 Å². The first kappa shape index (κ1) is 17.7. The minimum Gasteiger partial charge on any atom is -0.508 e. The number of pyridine rings is 2. The van der Waals surface area contributed by atoms with Crippen LogP contribution >= 0.6 is 0 Å². The minimum atomic E-state index is -0.256. The molecular formula is C23H19N3O2. The van der Waals surface area contributed by atoms with Gasteiger partial charge in [-0.05, 0) is 48.9 Å². The van der Waals surface area contributed by atoms with Gasteiger partial charge in [0.25, 0.3) is 5.91 Å². The Bertz CT molecular complexity index is 1140. The van der Waals surface area contributed by atoms with Crippen molar-refractivity contribution in [2.45, 2.75) is 13.0 Å². The highest BCUT2D eigenvalue weighted by Crippen LogP contribution is 2.25. The van der Waals surface area contributed by atoms with Crippen LogP contribution in [0.3, 0.4) is 0 Å². The molecule has 4 aromatic rings. The number of hydrogen-bond acceptors (Lipinski definition) is 4. The van der Waals surface area contributed by atoms with Crippen LogP contribution in [0, 0.1) is 0 Å². The fraction of sp³-hybridized carbons (Fsp3) is 0.0870. The molecule has 0 spiro atoms. The van der Waals surface area contributed by atoms with E-state index in [1.54, 1.807) is 36.7 Å². The number of carbonyl (C=O) groups is 1. The summed E-state index contributed by atoms with van der Waals surface area (Å²) in [5.74, 6) is -0.0218. The van der Waals surface area contributed by atoms with E-state index in [0.29, 0.717) is 11.3 Å². The van der Waals surface area contributed by atoms with Crippen molar-refractivity contribution in [3.05, 3.63) is 90.3 Å². The molecule has 1 amide bonds. The number of benzene rings is 2. The normalized spacial score (nSPS) is 11.9. The van der Waals surface area contributed by atoms with E-state index in [9.17, 15) is 9.90 Å². The molecule has 0 aliphatic carbocycles. The first-order chi connectivity index (χ1) is 13.6. The number of rotatable bonds is 4. The average molecular weight is 369 g/mol.